The van der Waals surface area contributed by atoms with Gasteiger partial charge in [-0.25, -0.2) is 4.39 Å². The van der Waals surface area contributed by atoms with Crippen molar-refractivity contribution in [2.75, 3.05) is 37.0 Å². The fraction of sp³-hybridized carbons (Fsp3) is 0.250. The minimum Gasteiger partial charge on any atom is -0.378 e. The molecule has 0 atom stereocenters. The molecule has 0 bridgehead atoms. The SMILES string of the molecule is O=C(CSc1nnc(N2CCOCC2)n1-c1cccc(F)c1)c1ccc(Cl)cc1. The van der Waals surface area contributed by atoms with E-state index in [1.807, 2.05) is 4.90 Å². The van der Waals surface area contributed by atoms with Gasteiger partial charge in [-0.3, -0.25) is 9.36 Å². The number of carbonyl (C=O) groups excluding carboxylic acids is 1. The summed E-state index contributed by atoms with van der Waals surface area (Å²) in [5, 5.41) is 9.70. The van der Waals surface area contributed by atoms with Gasteiger partial charge in [0.25, 0.3) is 0 Å². The van der Waals surface area contributed by atoms with Crippen LogP contribution in [0.25, 0.3) is 5.69 Å². The molecule has 2 aromatic carbocycles. The third kappa shape index (κ3) is 4.60. The first-order valence-corrected chi connectivity index (χ1v) is 10.4. The van der Waals surface area contributed by atoms with Crippen LogP contribution in [0.4, 0.5) is 10.3 Å². The average molecular weight is 433 g/mol. The van der Waals surface area contributed by atoms with Gasteiger partial charge in [-0.1, -0.05) is 29.4 Å². The maximum atomic E-state index is 13.9. The molecule has 0 unspecified atom stereocenters. The van der Waals surface area contributed by atoms with E-state index in [1.165, 1.54) is 23.9 Å². The Bertz CT molecular complexity index is 1010. The number of carbonyl (C=O) groups is 1. The van der Waals surface area contributed by atoms with Crippen molar-refractivity contribution in [3.05, 3.63) is 64.9 Å². The van der Waals surface area contributed by atoms with Gasteiger partial charge in [0, 0.05) is 23.7 Å². The van der Waals surface area contributed by atoms with Crippen LogP contribution in [0.2, 0.25) is 5.02 Å². The van der Waals surface area contributed by atoms with Crippen molar-refractivity contribution < 1.29 is 13.9 Å². The van der Waals surface area contributed by atoms with Gasteiger partial charge >= 0.3 is 0 Å². The van der Waals surface area contributed by atoms with Crippen LogP contribution in [-0.2, 0) is 4.74 Å². The summed E-state index contributed by atoms with van der Waals surface area (Å²) in [5.74, 6) is 0.393. The number of ketones is 1. The largest absolute Gasteiger partial charge is 0.378 e. The van der Waals surface area contributed by atoms with E-state index in [0.717, 1.165) is 0 Å². The Kier molecular flexibility index (Phi) is 6.13. The molecule has 0 amide bonds. The van der Waals surface area contributed by atoms with Gasteiger partial charge in [-0.2, -0.15) is 0 Å². The predicted molar refractivity (Wildman–Crippen MR) is 111 cm³/mol. The Balaban J connectivity index is 1.61. The van der Waals surface area contributed by atoms with E-state index in [2.05, 4.69) is 10.2 Å². The van der Waals surface area contributed by atoms with Gasteiger partial charge in [0.05, 0.1) is 24.7 Å². The molecule has 2 heterocycles. The highest BCUT2D eigenvalue weighted by Crippen LogP contribution is 2.28. The number of hydrogen-bond acceptors (Lipinski definition) is 6. The lowest BCUT2D eigenvalue weighted by Gasteiger charge is -2.27. The third-order valence-electron chi connectivity index (χ3n) is 4.48. The number of rotatable bonds is 6. The number of aromatic nitrogens is 3. The van der Waals surface area contributed by atoms with E-state index in [9.17, 15) is 9.18 Å². The molecule has 0 saturated carbocycles. The molecule has 9 heteroatoms. The minimum absolute atomic E-state index is 0.0478. The van der Waals surface area contributed by atoms with Crippen LogP contribution in [-0.4, -0.2) is 52.6 Å². The summed E-state index contributed by atoms with van der Waals surface area (Å²) in [4.78, 5) is 14.6. The lowest BCUT2D eigenvalue weighted by molar-refractivity contribution is 0.102. The number of benzene rings is 2. The van der Waals surface area contributed by atoms with Crippen LogP contribution in [0.15, 0.2) is 53.7 Å². The van der Waals surface area contributed by atoms with Gasteiger partial charge in [-0.15, -0.1) is 10.2 Å². The first-order valence-electron chi connectivity index (χ1n) is 9.07. The highest BCUT2D eigenvalue weighted by Gasteiger charge is 2.22. The summed E-state index contributed by atoms with van der Waals surface area (Å²) >= 11 is 7.15. The zero-order valence-electron chi connectivity index (χ0n) is 15.4. The van der Waals surface area contributed by atoms with Gasteiger partial charge in [0.1, 0.15) is 5.82 Å². The number of hydrogen-bond donors (Lipinski definition) is 0. The van der Waals surface area contributed by atoms with Crippen LogP contribution < -0.4 is 4.90 Å². The van der Waals surface area contributed by atoms with Crippen molar-refractivity contribution in [1.82, 2.24) is 14.8 Å². The van der Waals surface area contributed by atoms with E-state index in [4.69, 9.17) is 16.3 Å². The van der Waals surface area contributed by atoms with Crippen molar-refractivity contribution in [1.29, 1.82) is 0 Å². The van der Waals surface area contributed by atoms with E-state index >= 15 is 0 Å². The highest BCUT2D eigenvalue weighted by atomic mass is 35.5. The smallest absolute Gasteiger partial charge is 0.232 e. The predicted octanol–water partition coefficient (Wildman–Crippen LogP) is 3.87. The average Bonchev–Trinajstić information content (AvgIpc) is 3.17. The second-order valence-corrected chi connectivity index (χ2v) is 7.79. The first-order chi connectivity index (χ1) is 14.1. The van der Waals surface area contributed by atoms with Crippen molar-refractivity contribution in [3.63, 3.8) is 0 Å². The topological polar surface area (TPSA) is 60.3 Å². The Morgan fingerprint density at radius 3 is 2.62 bits per heavy atom. The standard InChI is InChI=1S/C20H18ClFN4O2S/c21-15-6-4-14(5-7-15)18(27)13-29-20-24-23-19(25-8-10-28-11-9-25)26(20)17-3-1-2-16(22)12-17/h1-7,12H,8-11,13H2. The van der Waals surface area contributed by atoms with Crippen molar-refractivity contribution in [2.45, 2.75) is 5.16 Å². The summed E-state index contributed by atoms with van der Waals surface area (Å²) in [6.45, 7) is 2.52. The molecule has 0 radical (unpaired) electrons. The Labute approximate surface area is 176 Å². The van der Waals surface area contributed by atoms with Crippen molar-refractivity contribution in [2.24, 2.45) is 0 Å². The molecule has 150 valence electrons. The molecule has 1 saturated heterocycles. The normalized spacial score (nSPS) is 14.2. The van der Waals surface area contributed by atoms with Crippen LogP contribution in [0.3, 0.4) is 0 Å². The second-order valence-electron chi connectivity index (χ2n) is 6.42. The molecule has 1 aromatic heterocycles. The molecule has 6 nitrogen and oxygen atoms in total. The highest BCUT2D eigenvalue weighted by molar-refractivity contribution is 7.99. The summed E-state index contributed by atoms with van der Waals surface area (Å²) in [7, 11) is 0. The number of thioether (sulfide) groups is 1. The summed E-state index contributed by atoms with van der Waals surface area (Å²) in [6, 6.07) is 13.0. The van der Waals surface area contributed by atoms with E-state index < -0.39 is 0 Å². The molecule has 1 aliphatic heterocycles. The Morgan fingerprint density at radius 2 is 1.90 bits per heavy atom. The Morgan fingerprint density at radius 1 is 1.14 bits per heavy atom. The third-order valence-corrected chi connectivity index (χ3v) is 5.66. The van der Waals surface area contributed by atoms with Crippen molar-refractivity contribution in [3.8, 4) is 5.69 Å². The summed E-state index contributed by atoms with van der Waals surface area (Å²) in [5.41, 5.74) is 1.19. The molecular weight excluding hydrogens is 415 g/mol. The molecule has 1 aliphatic rings. The fourth-order valence-electron chi connectivity index (χ4n) is 3.01. The minimum atomic E-state index is -0.350. The lowest BCUT2D eigenvalue weighted by Crippen LogP contribution is -2.37. The fourth-order valence-corrected chi connectivity index (χ4v) is 3.98. The molecule has 29 heavy (non-hydrogen) atoms. The molecule has 0 N–H and O–H groups in total. The maximum Gasteiger partial charge on any atom is 0.232 e. The van der Waals surface area contributed by atoms with E-state index in [-0.39, 0.29) is 17.4 Å². The van der Waals surface area contributed by atoms with Crippen LogP contribution in [0.1, 0.15) is 10.4 Å². The lowest BCUT2D eigenvalue weighted by atomic mass is 10.1. The molecule has 1 fully saturated rings. The zero-order chi connectivity index (χ0) is 20.2. The maximum absolute atomic E-state index is 13.9. The summed E-state index contributed by atoms with van der Waals surface area (Å²) in [6.07, 6.45) is 0. The molecule has 4 rings (SSSR count). The van der Waals surface area contributed by atoms with Crippen LogP contribution in [0, 0.1) is 5.82 Å². The Hall–Kier alpha value is -2.42. The number of ether oxygens (including phenoxy) is 1. The molecule has 0 aliphatic carbocycles. The van der Waals surface area contributed by atoms with Crippen molar-refractivity contribution >= 4 is 35.1 Å². The molecular formula is C20H18ClFN4O2S. The van der Waals surface area contributed by atoms with E-state index in [0.29, 0.717) is 53.7 Å². The number of morpholine rings is 1. The number of nitrogens with zero attached hydrogens (tertiary/aromatic N) is 4. The van der Waals surface area contributed by atoms with Crippen LogP contribution >= 0.6 is 23.4 Å². The first kappa shape index (κ1) is 19.9. The number of Topliss-reactive ketones (excluding diaryl/α,β-unsaturated/α-hetero) is 1. The van der Waals surface area contributed by atoms with Gasteiger partial charge in [0.15, 0.2) is 10.9 Å². The zero-order valence-corrected chi connectivity index (χ0v) is 17.0. The molecule has 3 aromatic rings. The molecule has 0 spiro atoms. The monoisotopic (exact) mass is 432 g/mol. The quantitative estimate of drug-likeness (QED) is 0.435. The van der Waals surface area contributed by atoms with Crippen LogP contribution in [0.5, 0.6) is 0 Å². The summed E-state index contributed by atoms with van der Waals surface area (Å²) < 4.78 is 21.1. The number of anilines is 1. The number of halogens is 2. The second kappa shape index (κ2) is 8.94. The van der Waals surface area contributed by atoms with Gasteiger partial charge in [0.2, 0.25) is 5.95 Å². The van der Waals surface area contributed by atoms with E-state index in [1.54, 1.807) is 41.0 Å². The van der Waals surface area contributed by atoms with Gasteiger partial charge < -0.3 is 9.64 Å². The van der Waals surface area contributed by atoms with Gasteiger partial charge in [-0.05, 0) is 42.5 Å².